The Morgan fingerprint density at radius 2 is 1.71 bits per heavy atom. The summed E-state index contributed by atoms with van der Waals surface area (Å²) in [6.07, 6.45) is 3.69. The second-order valence-corrected chi connectivity index (χ2v) is 7.59. The van der Waals surface area contributed by atoms with Crippen LogP contribution in [0.5, 0.6) is 0 Å². The van der Waals surface area contributed by atoms with Gasteiger partial charge in [-0.2, -0.15) is 0 Å². The number of benzene rings is 2. The fraction of sp³-hybridized carbons (Fsp3) is 0.227. The fourth-order valence-corrected chi connectivity index (χ4v) is 3.91. The Kier molecular flexibility index (Phi) is 4.55. The molecule has 1 aliphatic rings. The lowest BCUT2D eigenvalue weighted by atomic mass is 10.1. The molecule has 0 N–H and O–H groups in total. The molecule has 6 heteroatoms. The largest absolute Gasteiger partial charge is 0.353 e. The van der Waals surface area contributed by atoms with Crippen LogP contribution >= 0.6 is 11.6 Å². The van der Waals surface area contributed by atoms with E-state index in [1.165, 1.54) is 10.9 Å². The normalized spacial score (nSPS) is 15.4. The van der Waals surface area contributed by atoms with Gasteiger partial charge >= 0.3 is 0 Å². The molecule has 0 atom stereocenters. The lowest BCUT2D eigenvalue weighted by molar-refractivity contribution is 0.249. The first kappa shape index (κ1) is 17.3. The van der Waals surface area contributed by atoms with Crippen molar-refractivity contribution in [3.63, 3.8) is 0 Å². The minimum atomic E-state index is 0.688. The average molecular weight is 390 g/mol. The van der Waals surface area contributed by atoms with Crippen LogP contribution in [0, 0.1) is 0 Å². The molecule has 0 saturated carbocycles. The molecule has 1 aliphatic heterocycles. The zero-order valence-electron chi connectivity index (χ0n) is 15.4. The van der Waals surface area contributed by atoms with Crippen LogP contribution in [-0.4, -0.2) is 46.0 Å². The molecule has 1 saturated heterocycles. The van der Waals surface area contributed by atoms with Crippen LogP contribution in [-0.2, 0) is 6.54 Å². The van der Waals surface area contributed by atoms with Crippen molar-refractivity contribution in [2.45, 2.75) is 6.54 Å². The van der Waals surface area contributed by atoms with Gasteiger partial charge in [0, 0.05) is 49.3 Å². The molecular formula is C22H20ClN5. The Morgan fingerprint density at radius 1 is 0.857 bits per heavy atom. The molecular weight excluding hydrogens is 370 g/mol. The minimum absolute atomic E-state index is 0.688. The first-order chi connectivity index (χ1) is 13.7. The molecule has 0 aliphatic carbocycles. The summed E-state index contributed by atoms with van der Waals surface area (Å²) in [5.74, 6) is 0.936. The Labute approximate surface area is 168 Å². The molecule has 0 amide bonds. The fourth-order valence-electron chi connectivity index (χ4n) is 3.74. The van der Waals surface area contributed by atoms with E-state index in [4.69, 9.17) is 16.6 Å². The van der Waals surface area contributed by atoms with E-state index in [-0.39, 0.29) is 0 Å². The molecule has 0 unspecified atom stereocenters. The quantitative estimate of drug-likeness (QED) is 0.526. The Hall–Kier alpha value is -2.76. The van der Waals surface area contributed by atoms with E-state index in [9.17, 15) is 0 Å². The van der Waals surface area contributed by atoms with Gasteiger partial charge in [-0.05, 0) is 42.0 Å². The van der Waals surface area contributed by atoms with Crippen molar-refractivity contribution in [1.29, 1.82) is 0 Å². The number of hydrogen-bond donors (Lipinski definition) is 0. The molecule has 3 heterocycles. The summed E-state index contributed by atoms with van der Waals surface area (Å²) in [6, 6.07) is 16.3. The van der Waals surface area contributed by atoms with Gasteiger partial charge in [0.1, 0.15) is 5.82 Å². The van der Waals surface area contributed by atoms with Crippen molar-refractivity contribution in [3.05, 3.63) is 71.5 Å². The van der Waals surface area contributed by atoms with Gasteiger partial charge in [-0.1, -0.05) is 23.7 Å². The van der Waals surface area contributed by atoms with E-state index in [2.05, 4.69) is 44.0 Å². The van der Waals surface area contributed by atoms with Crippen molar-refractivity contribution in [1.82, 2.24) is 19.9 Å². The number of fused-ring (bicyclic) bond motifs is 2. The van der Waals surface area contributed by atoms with Gasteiger partial charge in [-0.3, -0.25) is 14.9 Å². The first-order valence-electron chi connectivity index (χ1n) is 9.48. The highest BCUT2D eigenvalue weighted by Crippen LogP contribution is 2.21. The van der Waals surface area contributed by atoms with E-state index in [1.807, 2.05) is 36.7 Å². The van der Waals surface area contributed by atoms with E-state index >= 15 is 0 Å². The Bertz CT molecular complexity index is 1140. The van der Waals surface area contributed by atoms with Gasteiger partial charge in [0.15, 0.2) is 0 Å². The molecule has 5 rings (SSSR count). The average Bonchev–Trinajstić information content (AvgIpc) is 2.74. The second kappa shape index (κ2) is 7.34. The molecule has 4 aromatic rings. The number of nitrogens with zero attached hydrogens (tertiary/aromatic N) is 5. The smallest absolute Gasteiger partial charge is 0.147 e. The van der Waals surface area contributed by atoms with Crippen molar-refractivity contribution in [2.75, 3.05) is 31.1 Å². The summed E-state index contributed by atoms with van der Waals surface area (Å²) in [5, 5.41) is 1.89. The summed E-state index contributed by atoms with van der Waals surface area (Å²) >= 11 is 6.03. The molecule has 0 radical (unpaired) electrons. The molecule has 1 fully saturated rings. The SMILES string of the molecule is Clc1ccc2nc(N3CCN(Cc4ccc5ncccc5c4)CC3)cnc2c1. The van der Waals surface area contributed by atoms with Crippen molar-refractivity contribution >= 4 is 39.4 Å². The summed E-state index contributed by atoms with van der Waals surface area (Å²) in [7, 11) is 0. The number of pyridine rings is 1. The maximum absolute atomic E-state index is 6.03. The predicted octanol–water partition coefficient (Wildman–Crippen LogP) is 4.15. The second-order valence-electron chi connectivity index (χ2n) is 7.15. The number of rotatable bonds is 3. The maximum atomic E-state index is 6.03. The maximum Gasteiger partial charge on any atom is 0.147 e. The third-order valence-corrected chi connectivity index (χ3v) is 5.50. The van der Waals surface area contributed by atoms with Gasteiger partial charge < -0.3 is 4.90 Å². The zero-order chi connectivity index (χ0) is 18.9. The number of aromatic nitrogens is 3. The van der Waals surface area contributed by atoms with Crippen molar-refractivity contribution in [3.8, 4) is 0 Å². The summed E-state index contributed by atoms with van der Waals surface area (Å²) in [6.45, 7) is 4.86. The molecule has 5 nitrogen and oxygen atoms in total. The lowest BCUT2D eigenvalue weighted by Crippen LogP contribution is -2.46. The summed E-state index contributed by atoms with van der Waals surface area (Å²) in [4.78, 5) is 18.5. The molecule has 2 aromatic heterocycles. The van der Waals surface area contributed by atoms with Crippen LogP contribution in [0.25, 0.3) is 21.9 Å². The molecule has 2 aromatic carbocycles. The van der Waals surface area contributed by atoms with Crippen LogP contribution in [0.3, 0.4) is 0 Å². The predicted molar refractivity (Wildman–Crippen MR) is 114 cm³/mol. The number of hydrogen-bond acceptors (Lipinski definition) is 5. The van der Waals surface area contributed by atoms with E-state index in [0.29, 0.717) is 5.02 Å². The third kappa shape index (κ3) is 3.51. The van der Waals surface area contributed by atoms with Crippen LogP contribution < -0.4 is 4.90 Å². The standard InChI is InChI=1S/C22H20ClN5/c23-18-4-6-20-21(13-18)25-14-22(26-20)28-10-8-27(9-11-28)15-16-3-5-19-17(12-16)2-1-7-24-19/h1-7,12-14H,8-11,15H2. The highest BCUT2D eigenvalue weighted by molar-refractivity contribution is 6.31. The van der Waals surface area contributed by atoms with Crippen molar-refractivity contribution < 1.29 is 0 Å². The molecule has 140 valence electrons. The number of halogens is 1. The lowest BCUT2D eigenvalue weighted by Gasteiger charge is -2.35. The van der Waals surface area contributed by atoms with Crippen LogP contribution in [0.1, 0.15) is 5.56 Å². The van der Waals surface area contributed by atoms with Crippen LogP contribution in [0.2, 0.25) is 5.02 Å². The van der Waals surface area contributed by atoms with E-state index < -0.39 is 0 Å². The highest BCUT2D eigenvalue weighted by atomic mass is 35.5. The Balaban J connectivity index is 1.26. The number of anilines is 1. The third-order valence-electron chi connectivity index (χ3n) is 5.26. The van der Waals surface area contributed by atoms with Crippen molar-refractivity contribution in [2.24, 2.45) is 0 Å². The van der Waals surface area contributed by atoms with Gasteiger partial charge in [0.2, 0.25) is 0 Å². The number of piperazine rings is 1. The van der Waals surface area contributed by atoms with Crippen LogP contribution in [0.15, 0.2) is 60.9 Å². The summed E-state index contributed by atoms with van der Waals surface area (Å²) in [5.41, 5.74) is 4.10. The summed E-state index contributed by atoms with van der Waals surface area (Å²) < 4.78 is 0. The first-order valence-corrected chi connectivity index (χ1v) is 9.86. The highest BCUT2D eigenvalue weighted by Gasteiger charge is 2.19. The molecule has 28 heavy (non-hydrogen) atoms. The van der Waals surface area contributed by atoms with E-state index in [1.54, 1.807) is 0 Å². The Morgan fingerprint density at radius 3 is 2.61 bits per heavy atom. The zero-order valence-corrected chi connectivity index (χ0v) is 16.2. The van der Waals surface area contributed by atoms with Crippen LogP contribution in [0.4, 0.5) is 5.82 Å². The van der Waals surface area contributed by atoms with Gasteiger partial charge in [0.25, 0.3) is 0 Å². The van der Waals surface area contributed by atoms with Gasteiger partial charge in [0.05, 0.1) is 22.7 Å². The molecule has 0 spiro atoms. The van der Waals surface area contributed by atoms with E-state index in [0.717, 1.165) is 55.1 Å². The molecule has 0 bridgehead atoms. The minimum Gasteiger partial charge on any atom is -0.353 e. The van der Waals surface area contributed by atoms with Gasteiger partial charge in [-0.15, -0.1) is 0 Å². The topological polar surface area (TPSA) is 45.2 Å². The van der Waals surface area contributed by atoms with Gasteiger partial charge in [-0.25, -0.2) is 4.98 Å². The monoisotopic (exact) mass is 389 g/mol.